The maximum absolute atomic E-state index is 12.9. The van der Waals surface area contributed by atoms with Crippen LogP contribution >= 0.6 is 0 Å². The Morgan fingerprint density at radius 3 is 2.63 bits per heavy atom. The number of aliphatic carboxylic acids is 1. The van der Waals surface area contributed by atoms with Gasteiger partial charge in [0.1, 0.15) is 0 Å². The molecule has 27 heavy (non-hydrogen) atoms. The third-order valence-electron chi connectivity index (χ3n) is 4.39. The molecular weight excluding hydrogens is 363 g/mol. The van der Waals surface area contributed by atoms with Crippen molar-refractivity contribution in [2.45, 2.75) is 32.0 Å². The molecule has 1 heterocycles. The second-order valence-electron chi connectivity index (χ2n) is 6.62. The Labute approximate surface area is 153 Å². The molecule has 0 bridgehead atoms. The lowest BCUT2D eigenvalue weighted by molar-refractivity contribution is -0.141. The summed E-state index contributed by atoms with van der Waals surface area (Å²) in [6.45, 7) is 1.58. The number of carboxylic acid groups (broad SMARTS) is 1. The first-order chi connectivity index (χ1) is 12.7. The van der Waals surface area contributed by atoms with Crippen molar-refractivity contribution in [1.29, 1.82) is 0 Å². The number of benzene rings is 1. The van der Waals surface area contributed by atoms with Crippen LogP contribution in [0.25, 0.3) is 5.69 Å². The van der Waals surface area contributed by atoms with Crippen molar-refractivity contribution in [2.75, 3.05) is 6.54 Å². The van der Waals surface area contributed by atoms with Crippen LogP contribution in [-0.2, 0) is 11.0 Å². The number of carbonyl (C=O) groups excluding carboxylic acids is 1. The highest BCUT2D eigenvalue weighted by atomic mass is 19.4. The Bertz CT molecular complexity index is 859. The van der Waals surface area contributed by atoms with Gasteiger partial charge in [-0.2, -0.15) is 18.3 Å². The summed E-state index contributed by atoms with van der Waals surface area (Å²) in [5.74, 6) is -2.14. The number of nitrogens with zero attached hydrogens (tertiary/aromatic N) is 3. The largest absolute Gasteiger partial charge is 0.481 e. The van der Waals surface area contributed by atoms with Gasteiger partial charge in [0.15, 0.2) is 5.69 Å². The van der Waals surface area contributed by atoms with Gasteiger partial charge in [-0.1, -0.05) is 13.0 Å². The molecule has 0 saturated heterocycles. The van der Waals surface area contributed by atoms with Gasteiger partial charge < -0.3 is 10.0 Å². The Kier molecular flexibility index (Phi) is 4.95. The van der Waals surface area contributed by atoms with Crippen LogP contribution < -0.4 is 0 Å². The van der Waals surface area contributed by atoms with E-state index in [0.717, 1.165) is 25.0 Å². The highest BCUT2D eigenvalue weighted by Crippen LogP contribution is 2.31. The highest BCUT2D eigenvalue weighted by molar-refractivity contribution is 5.93. The fourth-order valence-electron chi connectivity index (χ4n) is 2.71. The van der Waals surface area contributed by atoms with Crippen LogP contribution in [0, 0.1) is 5.92 Å². The third-order valence-corrected chi connectivity index (χ3v) is 4.39. The van der Waals surface area contributed by atoms with E-state index in [9.17, 15) is 22.8 Å². The van der Waals surface area contributed by atoms with Gasteiger partial charge in [-0.25, -0.2) is 4.68 Å². The van der Waals surface area contributed by atoms with E-state index in [1.54, 1.807) is 0 Å². The smallest absolute Gasteiger partial charge is 0.416 e. The lowest BCUT2D eigenvalue weighted by Gasteiger charge is -2.23. The zero-order valence-electron chi connectivity index (χ0n) is 14.5. The Morgan fingerprint density at radius 1 is 1.33 bits per heavy atom. The van der Waals surface area contributed by atoms with Crippen molar-refractivity contribution in [2.24, 2.45) is 5.92 Å². The van der Waals surface area contributed by atoms with Crippen LogP contribution in [0.5, 0.6) is 0 Å². The van der Waals surface area contributed by atoms with Crippen LogP contribution in [-0.4, -0.2) is 44.3 Å². The molecule has 1 aliphatic carbocycles. The molecule has 6 nitrogen and oxygen atoms in total. The SMILES string of the molecule is CC(CN(C(=O)c1ccn(-c2cccc(C(F)(F)F)c2)n1)C1CC1)C(=O)O. The predicted molar refractivity (Wildman–Crippen MR) is 89.4 cm³/mol. The Morgan fingerprint density at radius 2 is 2.04 bits per heavy atom. The molecule has 1 aromatic carbocycles. The molecule has 1 aromatic heterocycles. The minimum absolute atomic E-state index is 0.0157. The molecule has 1 amide bonds. The van der Waals surface area contributed by atoms with Crippen LogP contribution in [0.4, 0.5) is 13.2 Å². The zero-order valence-corrected chi connectivity index (χ0v) is 14.5. The van der Waals surface area contributed by atoms with E-state index in [-0.39, 0.29) is 24.0 Å². The molecule has 3 rings (SSSR count). The molecule has 0 aliphatic heterocycles. The number of rotatable bonds is 6. The van der Waals surface area contributed by atoms with Gasteiger partial charge in [-0.3, -0.25) is 9.59 Å². The van der Waals surface area contributed by atoms with Gasteiger partial charge in [0.25, 0.3) is 5.91 Å². The molecular formula is C18H18F3N3O3. The topological polar surface area (TPSA) is 75.4 Å². The maximum atomic E-state index is 12.9. The van der Waals surface area contributed by atoms with Crippen molar-refractivity contribution in [3.63, 3.8) is 0 Å². The fraction of sp³-hybridized carbons (Fsp3) is 0.389. The Hall–Kier alpha value is -2.84. The molecule has 2 aromatic rings. The number of aromatic nitrogens is 2. The lowest BCUT2D eigenvalue weighted by atomic mass is 10.1. The van der Waals surface area contributed by atoms with Crippen LogP contribution in [0.2, 0.25) is 0 Å². The minimum Gasteiger partial charge on any atom is -0.481 e. The third kappa shape index (κ3) is 4.29. The number of carboxylic acids is 1. The summed E-state index contributed by atoms with van der Waals surface area (Å²) in [7, 11) is 0. The molecule has 1 aliphatic rings. The average molecular weight is 381 g/mol. The van der Waals surface area contributed by atoms with Crippen molar-refractivity contribution in [3.8, 4) is 5.69 Å². The summed E-state index contributed by atoms with van der Waals surface area (Å²) >= 11 is 0. The fourth-order valence-corrected chi connectivity index (χ4v) is 2.71. The van der Waals surface area contributed by atoms with E-state index in [1.807, 2.05) is 0 Å². The van der Waals surface area contributed by atoms with Gasteiger partial charge in [0.2, 0.25) is 0 Å². The summed E-state index contributed by atoms with van der Waals surface area (Å²) in [5.41, 5.74) is -0.559. The van der Waals surface area contributed by atoms with E-state index in [0.29, 0.717) is 0 Å². The van der Waals surface area contributed by atoms with Gasteiger partial charge >= 0.3 is 12.1 Å². The summed E-state index contributed by atoms with van der Waals surface area (Å²) in [4.78, 5) is 25.3. The standard InChI is InChI=1S/C18H18F3N3O3/c1-11(17(26)27)10-23(13-5-6-13)16(25)15-7-8-24(22-15)14-4-2-3-12(9-14)18(19,20)21/h2-4,7-9,11,13H,5-6,10H2,1H3,(H,26,27). The molecule has 1 saturated carbocycles. The molecule has 1 fully saturated rings. The molecule has 0 radical (unpaired) electrons. The van der Waals surface area contributed by atoms with Crippen LogP contribution in [0.1, 0.15) is 35.8 Å². The number of halogens is 3. The highest BCUT2D eigenvalue weighted by Gasteiger charge is 2.36. The second kappa shape index (κ2) is 7.05. The monoisotopic (exact) mass is 381 g/mol. The van der Waals surface area contributed by atoms with E-state index >= 15 is 0 Å². The molecule has 9 heteroatoms. The van der Waals surface area contributed by atoms with Crippen molar-refractivity contribution in [3.05, 3.63) is 47.8 Å². The molecule has 1 atom stereocenters. The van der Waals surface area contributed by atoms with Crippen molar-refractivity contribution >= 4 is 11.9 Å². The first-order valence-electron chi connectivity index (χ1n) is 8.44. The quantitative estimate of drug-likeness (QED) is 0.834. The number of hydrogen-bond donors (Lipinski definition) is 1. The summed E-state index contributed by atoms with van der Waals surface area (Å²) in [6.07, 6.45) is -1.47. The zero-order chi connectivity index (χ0) is 19.8. The normalized spacial score (nSPS) is 15.4. The lowest BCUT2D eigenvalue weighted by Crippen LogP contribution is -2.38. The van der Waals surface area contributed by atoms with E-state index in [1.165, 1.54) is 40.9 Å². The first-order valence-corrected chi connectivity index (χ1v) is 8.44. The van der Waals surface area contributed by atoms with Gasteiger partial charge in [0.05, 0.1) is 17.2 Å². The van der Waals surface area contributed by atoms with E-state index in [4.69, 9.17) is 5.11 Å². The maximum Gasteiger partial charge on any atom is 0.416 e. The summed E-state index contributed by atoms with van der Waals surface area (Å²) in [6, 6.07) is 6.04. The van der Waals surface area contributed by atoms with Crippen molar-refractivity contribution < 1.29 is 27.9 Å². The predicted octanol–water partition coefficient (Wildman–Crippen LogP) is 3.22. The Balaban J connectivity index is 1.82. The van der Waals surface area contributed by atoms with E-state index in [2.05, 4.69) is 5.10 Å². The summed E-state index contributed by atoms with van der Waals surface area (Å²) < 4.78 is 39.8. The summed E-state index contributed by atoms with van der Waals surface area (Å²) in [5, 5.41) is 13.2. The minimum atomic E-state index is -4.47. The van der Waals surface area contributed by atoms with Crippen molar-refractivity contribution in [1.82, 2.24) is 14.7 Å². The number of carbonyl (C=O) groups is 2. The van der Waals surface area contributed by atoms with Crippen LogP contribution in [0.3, 0.4) is 0 Å². The van der Waals surface area contributed by atoms with Gasteiger partial charge in [-0.15, -0.1) is 0 Å². The molecule has 1 unspecified atom stereocenters. The number of hydrogen-bond acceptors (Lipinski definition) is 3. The number of amides is 1. The average Bonchev–Trinajstić information content (AvgIpc) is 3.33. The van der Waals surface area contributed by atoms with Gasteiger partial charge in [-0.05, 0) is 37.1 Å². The number of alkyl halides is 3. The molecule has 1 N–H and O–H groups in total. The second-order valence-corrected chi connectivity index (χ2v) is 6.62. The first kappa shape index (κ1) is 18.9. The molecule has 144 valence electrons. The molecule has 0 spiro atoms. The van der Waals surface area contributed by atoms with Crippen LogP contribution in [0.15, 0.2) is 36.5 Å². The van der Waals surface area contributed by atoms with Gasteiger partial charge in [0, 0.05) is 18.8 Å². The van der Waals surface area contributed by atoms with E-state index < -0.39 is 29.5 Å².